The highest BCUT2D eigenvalue weighted by atomic mass is 16.5. The Morgan fingerprint density at radius 3 is 2.32 bits per heavy atom. The number of benzene rings is 2. The second kappa shape index (κ2) is 9.85. The van der Waals surface area contributed by atoms with Crippen molar-refractivity contribution < 1.29 is 29.0 Å². The van der Waals surface area contributed by atoms with Crippen LogP contribution in [0.4, 0.5) is 4.79 Å². The van der Waals surface area contributed by atoms with Gasteiger partial charge in [0.2, 0.25) is 5.91 Å². The molecule has 34 heavy (non-hydrogen) atoms. The van der Waals surface area contributed by atoms with Gasteiger partial charge in [-0.15, -0.1) is 0 Å². The van der Waals surface area contributed by atoms with Crippen molar-refractivity contribution in [3.63, 3.8) is 0 Å². The van der Waals surface area contributed by atoms with Gasteiger partial charge in [-0.05, 0) is 42.0 Å². The van der Waals surface area contributed by atoms with Crippen molar-refractivity contribution in [2.75, 3.05) is 33.4 Å². The third kappa shape index (κ3) is 4.50. The first-order valence-corrected chi connectivity index (χ1v) is 11.5. The average Bonchev–Trinajstić information content (AvgIpc) is 3.19. The monoisotopic (exact) mass is 466 g/mol. The molecule has 1 aliphatic carbocycles. The maximum Gasteiger partial charge on any atom is 0.407 e. The number of nitrogens with one attached hydrogen (secondary N) is 1. The smallest absolute Gasteiger partial charge is 0.407 e. The van der Waals surface area contributed by atoms with Gasteiger partial charge in [0.25, 0.3) is 0 Å². The van der Waals surface area contributed by atoms with Crippen molar-refractivity contribution >= 4 is 18.0 Å². The first-order chi connectivity index (χ1) is 16.3. The molecule has 1 heterocycles. The van der Waals surface area contributed by atoms with Crippen LogP contribution in [-0.2, 0) is 19.1 Å². The van der Waals surface area contributed by atoms with Crippen LogP contribution in [0.3, 0.4) is 0 Å². The van der Waals surface area contributed by atoms with E-state index in [-0.39, 0.29) is 31.6 Å². The van der Waals surface area contributed by atoms with E-state index in [1.54, 1.807) is 0 Å². The van der Waals surface area contributed by atoms with E-state index in [1.165, 1.54) is 18.9 Å². The highest BCUT2D eigenvalue weighted by Gasteiger charge is 2.44. The van der Waals surface area contributed by atoms with Gasteiger partial charge in [-0.25, -0.2) is 9.59 Å². The van der Waals surface area contributed by atoms with Gasteiger partial charge in [0.1, 0.15) is 12.6 Å². The molecule has 2 amide bonds. The van der Waals surface area contributed by atoms with Crippen molar-refractivity contribution in [1.29, 1.82) is 0 Å². The van der Waals surface area contributed by atoms with Crippen LogP contribution in [0.2, 0.25) is 0 Å². The standard InChI is InChI=1S/C26H30N2O6/c1-17(23(29)30)28(2)24(31)26(12-7-13-33-16-26)15-27-25(32)34-14-22-20-10-5-3-8-18(20)19-9-4-6-11-21(19)22/h3-6,8-11,17,22H,7,12-16H2,1-2H3,(H,27,32)(H,29,30)/t17-,26?/m0/s1. The quantitative estimate of drug-likeness (QED) is 0.649. The highest BCUT2D eigenvalue weighted by Crippen LogP contribution is 2.44. The van der Waals surface area contributed by atoms with Crippen LogP contribution in [0.25, 0.3) is 11.1 Å². The van der Waals surface area contributed by atoms with E-state index < -0.39 is 23.5 Å². The summed E-state index contributed by atoms with van der Waals surface area (Å²) in [4.78, 5) is 38.4. The lowest BCUT2D eigenvalue weighted by Crippen LogP contribution is -2.56. The van der Waals surface area contributed by atoms with Crippen LogP contribution >= 0.6 is 0 Å². The summed E-state index contributed by atoms with van der Waals surface area (Å²) in [6.45, 7) is 2.29. The molecule has 1 aliphatic heterocycles. The SMILES string of the molecule is C[C@@H](C(=O)O)N(C)C(=O)C1(CNC(=O)OCC2c3ccccc3-c3ccccc32)CCCOC1. The van der Waals surface area contributed by atoms with Crippen LogP contribution in [0.1, 0.15) is 36.8 Å². The predicted octanol–water partition coefficient (Wildman–Crippen LogP) is 3.25. The Labute approximate surface area is 198 Å². The first-order valence-electron chi connectivity index (χ1n) is 11.5. The lowest BCUT2D eigenvalue weighted by Gasteiger charge is -2.39. The minimum Gasteiger partial charge on any atom is -0.480 e. The van der Waals surface area contributed by atoms with Gasteiger partial charge in [0, 0.05) is 26.1 Å². The number of carboxylic acids is 1. The van der Waals surface area contributed by atoms with E-state index in [4.69, 9.17) is 9.47 Å². The van der Waals surface area contributed by atoms with Crippen LogP contribution in [0.15, 0.2) is 48.5 Å². The lowest BCUT2D eigenvalue weighted by atomic mass is 9.80. The summed E-state index contributed by atoms with van der Waals surface area (Å²) in [6, 6.07) is 15.2. The summed E-state index contributed by atoms with van der Waals surface area (Å²) >= 11 is 0. The number of alkyl carbamates (subject to hydrolysis) is 1. The van der Waals surface area contributed by atoms with Gasteiger partial charge in [0.15, 0.2) is 0 Å². The zero-order chi connectivity index (χ0) is 24.3. The summed E-state index contributed by atoms with van der Waals surface area (Å²) in [5, 5.41) is 12.0. The molecule has 8 nitrogen and oxygen atoms in total. The summed E-state index contributed by atoms with van der Waals surface area (Å²) in [6.07, 6.45) is 0.521. The molecule has 1 unspecified atom stereocenters. The van der Waals surface area contributed by atoms with Crippen molar-refractivity contribution in [1.82, 2.24) is 10.2 Å². The zero-order valence-corrected chi connectivity index (χ0v) is 19.5. The first kappa shape index (κ1) is 23.8. The Morgan fingerprint density at radius 2 is 1.76 bits per heavy atom. The molecule has 4 rings (SSSR count). The molecule has 2 N–H and O–H groups in total. The maximum absolute atomic E-state index is 13.2. The number of likely N-dealkylation sites (N-methyl/N-ethyl adjacent to an activating group) is 1. The fraction of sp³-hybridized carbons (Fsp3) is 0.423. The van der Waals surface area contributed by atoms with Crippen LogP contribution in [-0.4, -0.2) is 67.4 Å². The average molecular weight is 467 g/mol. The topological polar surface area (TPSA) is 105 Å². The van der Waals surface area contributed by atoms with Crippen LogP contribution in [0, 0.1) is 5.41 Å². The largest absolute Gasteiger partial charge is 0.480 e. The molecule has 0 radical (unpaired) electrons. The molecule has 180 valence electrons. The van der Waals surface area contributed by atoms with Crippen molar-refractivity contribution in [2.24, 2.45) is 5.41 Å². The van der Waals surface area contributed by atoms with E-state index in [9.17, 15) is 19.5 Å². The number of hydrogen-bond donors (Lipinski definition) is 2. The summed E-state index contributed by atoms with van der Waals surface area (Å²) < 4.78 is 11.2. The van der Waals surface area contributed by atoms with Gasteiger partial charge in [-0.2, -0.15) is 0 Å². The molecule has 2 aromatic rings. The van der Waals surface area contributed by atoms with Crippen LogP contribution in [0.5, 0.6) is 0 Å². The number of nitrogens with zero attached hydrogens (tertiary/aromatic N) is 1. The minimum absolute atomic E-state index is 0.0131. The van der Waals surface area contributed by atoms with E-state index in [0.717, 1.165) is 22.3 Å². The van der Waals surface area contributed by atoms with E-state index >= 15 is 0 Å². The number of hydrogen-bond acceptors (Lipinski definition) is 5. The second-order valence-electron chi connectivity index (χ2n) is 9.05. The number of fused-ring (bicyclic) bond motifs is 3. The molecular weight excluding hydrogens is 436 g/mol. The van der Waals surface area contributed by atoms with E-state index in [1.807, 2.05) is 36.4 Å². The molecule has 1 saturated heterocycles. The molecule has 0 saturated carbocycles. The fourth-order valence-corrected chi connectivity index (χ4v) is 4.84. The molecule has 0 bridgehead atoms. The fourth-order valence-electron chi connectivity index (χ4n) is 4.84. The molecule has 2 aromatic carbocycles. The minimum atomic E-state index is -1.09. The molecular formula is C26H30N2O6. The van der Waals surface area contributed by atoms with Crippen LogP contribution < -0.4 is 5.32 Å². The number of ether oxygens (including phenoxy) is 2. The summed E-state index contributed by atoms with van der Waals surface area (Å²) in [5.41, 5.74) is 3.50. The maximum atomic E-state index is 13.2. The molecule has 0 spiro atoms. The number of aliphatic carboxylic acids is 1. The number of rotatable bonds is 7. The Balaban J connectivity index is 1.41. The predicted molar refractivity (Wildman–Crippen MR) is 125 cm³/mol. The van der Waals surface area contributed by atoms with Gasteiger partial charge >= 0.3 is 12.1 Å². The third-order valence-electron chi connectivity index (χ3n) is 6.95. The van der Waals surface area contributed by atoms with Crippen molar-refractivity contribution in [2.45, 2.75) is 31.7 Å². The number of carbonyl (C=O) groups is 3. The van der Waals surface area contributed by atoms with Gasteiger partial charge < -0.3 is 24.8 Å². The summed E-state index contributed by atoms with van der Waals surface area (Å²) in [7, 11) is 1.46. The molecule has 8 heteroatoms. The van der Waals surface area contributed by atoms with E-state index in [0.29, 0.717) is 19.4 Å². The number of amides is 2. The molecule has 0 aromatic heterocycles. The summed E-state index contributed by atoms with van der Waals surface area (Å²) in [5.74, 6) is -1.51. The Morgan fingerprint density at radius 1 is 1.15 bits per heavy atom. The molecule has 2 atom stereocenters. The van der Waals surface area contributed by atoms with Gasteiger partial charge in [-0.1, -0.05) is 48.5 Å². The lowest BCUT2D eigenvalue weighted by molar-refractivity contribution is -0.157. The Hall–Kier alpha value is -3.39. The van der Waals surface area contributed by atoms with Gasteiger partial charge in [0.05, 0.1) is 12.0 Å². The second-order valence-corrected chi connectivity index (χ2v) is 9.05. The number of carboxylic acid groups (broad SMARTS) is 1. The third-order valence-corrected chi connectivity index (χ3v) is 6.95. The van der Waals surface area contributed by atoms with Crippen molar-refractivity contribution in [3.8, 4) is 11.1 Å². The molecule has 2 aliphatic rings. The normalized spacial score (nSPS) is 20.1. The Bertz CT molecular complexity index is 1030. The number of carbonyl (C=O) groups excluding carboxylic acids is 2. The Kier molecular flexibility index (Phi) is 6.88. The molecule has 1 fully saturated rings. The zero-order valence-electron chi connectivity index (χ0n) is 19.5. The highest BCUT2D eigenvalue weighted by molar-refractivity contribution is 5.88. The van der Waals surface area contributed by atoms with Crippen molar-refractivity contribution in [3.05, 3.63) is 59.7 Å². The van der Waals surface area contributed by atoms with Gasteiger partial charge in [-0.3, -0.25) is 4.79 Å². The van der Waals surface area contributed by atoms with E-state index in [2.05, 4.69) is 17.4 Å².